The highest BCUT2D eigenvalue weighted by molar-refractivity contribution is 7.89. The molecule has 134 valence electrons. The number of sulfonamides is 1. The summed E-state index contributed by atoms with van der Waals surface area (Å²) >= 11 is 0. The number of hydrogen-bond acceptors (Lipinski definition) is 5. The van der Waals surface area contributed by atoms with E-state index >= 15 is 0 Å². The molecular formula is C17H15N3O5S. The predicted molar refractivity (Wildman–Crippen MR) is 95.9 cm³/mol. The summed E-state index contributed by atoms with van der Waals surface area (Å²) in [6, 6.07) is 11.3. The Morgan fingerprint density at radius 2 is 1.73 bits per heavy atom. The van der Waals surface area contributed by atoms with Crippen molar-refractivity contribution >= 4 is 27.3 Å². The zero-order valence-corrected chi connectivity index (χ0v) is 14.5. The number of nitrogens with one attached hydrogen (secondary N) is 2. The van der Waals surface area contributed by atoms with Gasteiger partial charge in [0.1, 0.15) is 0 Å². The number of nitro groups is 1. The van der Waals surface area contributed by atoms with Crippen LogP contribution in [0.2, 0.25) is 0 Å². The normalized spacial score (nSPS) is 10.5. The minimum absolute atomic E-state index is 0.0791. The third kappa shape index (κ3) is 5.41. The zero-order valence-electron chi connectivity index (χ0n) is 13.7. The molecule has 2 aromatic rings. The van der Waals surface area contributed by atoms with E-state index in [1.165, 1.54) is 6.92 Å². The summed E-state index contributed by atoms with van der Waals surface area (Å²) in [5.74, 6) is 5.30. The maximum Gasteiger partial charge on any atom is 0.269 e. The van der Waals surface area contributed by atoms with Crippen LogP contribution < -0.4 is 10.0 Å². The van der Waals surface area contributed by atoms with Crippen LogP contribution in [0.15, 0.2) is 53.4 Å². The molecule has 1 amide bonds. The Balaban J connectivity index is 1.97. The third-order valence-corrected chi connectivity index (χ3v) is 4.56. The van der Waals surface area contributed by atoms with Crippen molar-refractivity contribution in [3.05, 3.63) is 64.2 Å². The zero-order chi connectivity index (χ0) is 19.2. The van der Waals surface area contributed by atoms with E-state index in [4.69, 9.17) is 0 Å². The molecule has 2 rings (SSSR count). The van der Waals surface area contributed by atoms with Crippen molar-refractivity contribution in [2.75, 3.05) is 11.9 Å². The number of amides is 1. The maximum atomic E-state index is 12.1. The molecule has 0 atom stereocenters. The second-order valence-electron chi connectivity index (χ2n) is 5.14. The van der Waals surface area contributed by atoms with Gasteiger partial charge in [-0.1, -0.05) is 11.8 Å². The number of anilines is 1. The molecule has 0 fully saturated rings. The summed E-state index contributed by atoms with van der Waals surface area (Å²) in [7, 11) is -3.80. The van der Waals surface area contributed by atoms with Gasteiger partial charge in [0.25, 0.3) is 5.69 Å². The van der Waals surface area contributed by atoms with Gasteiger partial charge >= 0.3 is 0 Å². The Morgan fingerprint density at radius 3 is 2.27 bits per heavy atom. The fourth-order valence-electron chi connectivity index (χ4n) is 1.95. The first-order valence-electron chi connectivity index (χ1n) is 7.38. The Labute approximate surface area is 150 Å². The smallest absolute Gasteiger partial charge is 0.269 e. The van der Waals surface area contributed by atoms with Crippen LogP contribution in [-0.2, 0) is 14.8 Å². The van der Waals surface area contributed by atoms with Crippen LogP contribution in [-0.4, -0.2) is 25.8 Å². The van der Waals surface area contributed by atoms with E-state index in [2.05, 4.69) is 21.9 Å². The van der Waals surface area contributed by atoms with Gasteiger partial charge in [-0.2, -0.15) is 4.72 Å². The van der Waals surface area contributed by atoms with Gasteiger partial charge in [-0.05, 0) is 36.4 Å². The van der Waals surface area contributed by atoms with Gasteiger partial charge in [0.15, 0.2) is 0 Å². The summed E-state index contributed by atoms with van der Waals surface area (Å²) in [4.78, 5) is 20.8. The molecule has 0 unspecified atom stereocenters. The number of benzene rings is 2. The molecule has 0 radical (unpaired) electrons. The lowest BCUT2D eigenvalue weighted by Crippen LogP contribution is -2.23. The highest BCUT2D eigenvalue weighted by atomic mass is 32.2. The van der Waals surface area contributed by atoms with E-state index in [0.717, 1.165) is 24.3 Å². The first-order chi connectivity index (χ1) is 12.3. The topological polar surface area (TPSA) is 118 Å². The van der Waals surface area contributed by atoms with Crippen molar-refractivity contribution in [3.63, 3.8) is 0 Å². The highest BCUT2D eigenvalue weighted by Gasteiger charge is 2.14. The van der Waals surface area contributed by atoms with E-state index in [0.29, 0.717) is 11.3 Å². The Hall–Kier alpha value is -3.22. The second kappa shape index (κ2) is 8.24. The average molecular weight is 373 g/mol. The summed E-state index contributed by atoms with van der Waals surface area (Å²) in [6.07, 6.45) is 0. The molecule has 26 heavy (non-hydrogen) atoms. The van der Waals surface area contributed by atoms with Gasteiger partial charge in [-0.25, -0.2) is 8.42 Å². The lowest BCUT2D eigenvalue weighted by Gasteiger charge is -2.03. The van der Waals surface area contributed by atoms with E-state index in [9.17, 15) is 23.3 Å². The van der Waals surface area contributed by atoms with Gasteiger partial charge < -0.3 is 5.32 Å². The van der Waals surface area contributed by atoms with E-state index < -0.39 is 14.9 Å². The number of nitro benzene ring substituents is 1. The Bertz CT molecular complexity index is 972. The molecule has 0 heterocycles. The number of carbonyl (C=O) groups excluding carboxylic acids is 1. The van der Waals surface area contributed by atoms with Crippen molar-refractivity contribution < 1.29 is 18.1 Å². The quantitative estimate of drug-likeness (QED) is 0.471. The van der Waals surface area contributed by atoms with Gasteiger partial charge in [-0.15, -0.1) is 0 Å². The van der Waals surface area contributed by atoms with Crippen molar-refractivity contribution in [2.24, 2.45) is 0 Å². The molecule has 0 bridgehead atoms. The van der Waals surface area contributed by atoms with Crippen LogP contribution >= 0.6 is 0 Å². The number of non-ortho nitro benzene ring substituents is 1. The molecule has 8 nitrogen and oxygen atoms in total. The van der Waals surface area contributed by atoms with Crippen LogP contribution in [0.5, 0.6) is 0 Å². The van der Waals surface area contributed by atoms with Crippen molar-refractivity contribution in [3.8, 4) is 11.8 Å². The lowest BCUT2D eigenvalue weighted by atomic mass is 10.2. The van der Waals surface area contributed by atoms with Gasteiger partial charge in [0.2, 0.25) is 15.9 Å². The first-order valence-corrected chi connectivity index (χ1v) is 8.87. The van der Waals surface area contributed by atoms with Crippen LogP contribution in [0.3, 0.4) is 0 Å². The van der Waals surface area contributed by atoms with E-state index in [1.807, 2.05) is 0 Å². The minimum atomic E-state index is -3.80. The lowest BCUT2D eigenvalue weighted by molar-refractivity contribution is -0.384. The number of nitrogens with zero attached hydrogens (tertiary/aromatic N) is 1. The first kappa shape index (κ1) is 19.1. The molecule has 0 spiro atoms. The van der Waals surface area contributed by atoms with Crippen LogP contribution in [0.25, 0.3) is 0 Å². The molecule has 0 aromatic heterocycles. The van der Waals surface area contributed by atoms with Crippen molar-refractivity contribution in [1.82, 2.24) is 4.72 Å². The van der Waals surface area contributed by atoms with Gasteiger partial charge in [0, 0.05) is 30.3 Å². The van der Waals surface area contributed by atoms with E-state index in [1.54, 1.807) is 24.3 Å². The summed E-state index contributed by atoms with van der Waals surface area (Å²) in [5, 5.41) is 13.2. The SMILES string of the molecule is CC(=O)Nc1ccc(C#CCNS(=O)(=O)c2ccc([N+](=O)[O-])cc2)cc1. The molecule has 0 aliphatic heterocycles. The summed E-state index contributed by atoms with van der Waals surface area (Å²) in [6.45, 7) is 1.29. The molecule has 9 heteroatoms. The van der Waals surface area contributed by atoms with Crippen LogP contribution in [0.4, 0.5) is 11.4 Å². The number of rotatable bonds is 5. The fraction of sp³-hybridized carbons (Fsp3) is 0.118. The Kier molecular flexibility index (Phi) is 6.06. The molecule has 2 N–H and O–H groups in total. The second-order valence-corrected chi connectivity index (χ2v) is 6.90. The van der Waals surface area contributed by atoms with Gasteiger partial charge in [-0.3, -0.25) is 14.9 Å². The van der Waals surface area contributed by atoms with Crippen LogP contribution in [0, 0.1) is 22.0 Å². The fourth-order valence-corrected chi connectivity index (χ4v) is 2.87. The highest BCUT2D eigenvalue weighted by Crippen LogP contribution is 2.15. The predicted octanol–water partition coefficient (Wildman–Crippen LogP) is 1.88. The molecule has 0 saturated heterocycles. The van der Waals surface area contributed by atoms with Crippen molar-refractivity contribution in [1.29, 1.82) is 0 Å². The van der Waals surface area contributed by atoms with Crippen molar-refractivity contribution in [2.45, 2.75) is 11.8 Å². The molecular weight excluding hydrogens is 358 g/mol. The molecule has 0 saturated carbocycles. The van der Waals surface area contributed by atoms with Gasteiger partial charge in [0.05, 0.1) is 16.4 Å². The van der Waals surface area contributed by atoms with E-state index in [-0.39, 0.29) is 23.0 Å². The minimum Gasteiger partial charge on any atom is -0.326 e. The maximum absolute atomic E-state index is 12.1. The third-order valence-electron chi connectivity index (χ3n) is 3.15. The summed E-state index contributed by atoms with van der Waals surface area (Å²) < 4.78 is 26.5. The summed E-state index contributed by atoms with van der Waals surface area (Å²) in [5.41, 5.74) is 1.11. The Morgan fingerprint density at radius 1 is 1.12 bits per heavy atom. The molecule has 2 aromatic carbocycles. The largest absolute Gasteiger partial charge is 0.326 e. The monoisotopic (exact) mass is 373 g/mol. The standard InChI is InChI=1S/C17H15N3O5S/c1-13(21)19-15-6-4-14(5-7-15)3-2-12-18-26(24,25)17-10-8-16(9-11-17)20(22)23/h4-11,18H,12H2,1H3,(H,19,21). The molecule has 0 aliphatic rings. The average Bonchev–Trinajstić information content (AvgIpc) is 2.60. The van der Waals surface area contributed by atoms with Crippen LogP contribution in [0.1, 0.15) is 12.5 Å². The molecule has 0 aliphatic carbocycles. The number of hydrogen-bond donors (Lipinski definition) is 2. The number of carbonyl (C=O) groups is 1.